The minimum atomic E-state index is -0.0873. The molecule has 2 fully saturated rings. The minimum Gasteiger partial charge on any atom is -0.461 e. The zero-order valence-electron chi connectivity index (χ0n) is 19.5. The van der Waals surface area contributed by atoms with Crippen LogP contribution in [0, 0.1) is 34.5 Å². The lowest BCUT2D eigenvalue weighted by Crippen LogP contribution is -2.31. The van der Waals surface area contributed by atoms with Crippen LogP contribution in [0.4, 0.5) is 0 Å². The number of hydrogen-bond donors (Lipinski definition) is 0. The predicted octanol–water partition coefficient (Wildman–Crippen LogP) is 5.92. The van der Waals surface area contributed by atoms with E-state index < -0.39 is 0 Å². The molecule has 4 nitrogen and oxygen atoms in total. The second-order valence-electron chi connectivity index (χ2n) is 10.7. The maximum Gasteiger partial charge on any atom is 0.309 e. The van der Waals surface area contributed by atoms with Crippen molar-refractivity contribution in [3.05, 3.63) is 35.4 Å². The average Bonchev–Trinajstić information content (AvgIpc) is 3.12. The molecule has 0 bridgehead atoms. The van der Waals surface area contributed by atoms with E-state index in [0.717, 1.165) is 36.8 Å². The van der Waals surface area contributed by atoms with Crippen molar-refractivity contribution in [3.8, 4) is 0 Å². The van der Waals surface area contributed by atoms with Crippen molar-refractivity contribution in [1.82, 2.24) is 0 Å². The van der Waals surface area contributed by atoms with Gasteiger partial charge in [0.2, 0.25) is 0 Å². The van der Waals surface area contributed by atoms with E-state index in [4.69, 9.17) is 9.47 Å². The average molecular weight is 415 g/mol. The van der Waals surface area contributed by atoms with Crippen LogP contribution in [0.1, 0.15) is 78.4 Å². The van der Waals surface area contributed by atoms with Crippen LogP contribution < -0.4 is 0 Å². The molecule has 0 aromatic heterocycles. The number of hydrogen-bond acceptors (Lipinski definition) is 4. The Hall–Kier alpha value is -1.84. The minimum absolute atomic E-state index is 0.00348. The highest BCUT2D eigenvalue weighted by Crippen LogP contribution is 2.48. The molecule has 1 aromatic carbocycles. The number of carbonyl (C=O) groups is 2. The van der Waals surface area contributed by atoms with Gasteiger partial charge < -0.3 is 9.47 Å². The Balaban J connectivity index is 1.47. The number of benzene rings is 1. The summed E-state index contributed by atoms with van der Waals surface area (Å²) in [6.45, 7) is 13.7. The molecule has 0 heterocycles. The van der Waals surface area contributed by atoms with Gasteiger partial charge in [-0.05, 0) is 59.5 Å². The van der Waals surface area contributed by atoms with E-state index in [2.05, 4.69) is 41.5 Å². The van der Waals surface area contributed by atoms with Gasteiger partial charge >= 0.3 is 11.9 Å². The van der Waals surface area contributed by atoms with Crippen molar-refractivity contribution < 1.29 is 19.1 Å². The van der Waals surface area contributed by atoms with Gasteiger partial charge in [-0.1, -0.05) is 65.8 Å². The monoisotopic (exact) mass is 414 g/mol. The van der Waals surface area contributed by atoms with Crippen LogP contribution in [-0.4, -0.2) is 11.9 Å². The SMILES string of the molecule is C[C@@H]1CC[C@H](C(=O)OCc2ccc(COC(=O)[C@H]3CC[C@@H](C)C3(C)C)cc2)C1(C)C. The summed E-state index contributed by atoms with van der Waals surface area (Å²) >= 11 is 0. The second kappa shape index (κ2) is 8.72. The Morgan fingerprint density at radius 3 is 1.33 bits per heavy atom. The molecular formula is C26H38O4. The van der Waals surface area contributed by atoms with Crippen LogP contribution in [0.15, 0.2) is 24.3 Å². The van der Waals surface area contributed by atoms with Crippen molar-refractivity contribution in [2.24, 2.45) is 34.5 Å². The van der Waals surface area contributed by atoms with Gasteiger partial charge in [-0.2, -0.15) is 0 Å². The van der Waals surface area contributed by atoms with Crippen LogP contribution in [0.5, 0.6) is 0 Å². The Labute approximate surface area is 181 Å². The van der Waals surface area contributed by atoms with E-state index in [9.17, 15) is 9.59 Å². The Kier molecular flexibility index (Phi) is 6.64. The number of esters is 2. The summed E-state index contributed by atoms with van der Waals surface area (Å²) in [7, 11) is 0. The van der Waals surface area contributed by atoms with E-state index in [1.54, 1.807) is 0 Å². The molecule has 0 amide bonds. The molecule has 4 heteroatoms. The molecular weight excluding hydrogens is 376 g/mol. The third-order valence-corrected chi connectivity index (χ3v) is 8.47. The van der Waals surface area contributed by atoms with Crippen LogP contribution in [0.25, 0.3) is 0 Å². The van der Waals surface area contributed by atoms with E-state index in [-0.39, 0.29) is 47.8 Å². The van der Waals surface area contributed by atoms with Gasteiger partial charge in [0.05, 0.1) is 11.8 Å². The number of ether oxygens (including phenoxy) is 2. The van der Waals surface area contributed by atoms with Crippen LogP contribution in [0.3, 0.4) is 0 Å². The first-order chi connectivity index (χ1) is 14.0. The summed E-state index contributed by atoms with van der Waals surface area (Å²) in [6, 6.07) is 7.78. The predicted molar refractivity (Wildman–Crippen MR) is 117 cm³/mol. The van der Waals surface area contributed by atoms with E-state index >= 15 is 0 Å². The summed E-state index contributed by atoms with van der Waals surface area (Å²) in [5.74, 6) is 0.860. The molecule has 3 rings (SSSR count). The summed E-state index contributed by atoms with van der Waals surface area (Å²) in [5, 5.41) is 0. The Morgan fingerprint density at radius 2 is 1.07 bits per heavy atom. The highest BCUT2D eigenvalue weighted by molar-refractivity contribution is 5.74. The summed E-state index contributed by atoms with van der Waals surface area (Å²) < 4.78 is 11.2. The molecule has 2 aliphatic rings. The highest BCUT2D eigenvalue weighted by atomic mass is 16.5. The third-order valence-electron chi connectivity index (χ3n) is 8.47. The fourth-order valence-corrected chi connectivity index (χ4v) is 5.09. The molecule has 0 radical (unpaired) electrons. The molecule has 166 valence electrons. The number of rotatable bonds is 6. The normalized spacial score (nSPS) is 29.5. The molecule has 1 aromatic rings. The van der Waals surface area contributed by atoms with Crippen molar-refractivity contribution in [2.45, 2.75) is 80.4 Å². The van der Waals surface area contributed by atoms with Crippen molar-refractivity contribution in [1.29, 1.82) is 0 Å². The van der Waals surface area contributed by atoms with E-state index in [1.807, 2.05) is 24.3 Å². The quantitative estimate of drug-likeness (QED) is 0.542. The molecule has 0 N–H and O–H groups in total. The lowest BCUT2D eigenvalue weighted by atomic mass is 9.76. The largest absolute Gasteiger partial charge is 0.461 e. The summed E-state index contributed by atoms with van der Waals surface area (Å²) in [5.41, 5.74) is 1.90. The van der Waals surface area contributed by atoms with Gasteiger partial charge in [0.15, 0.2) is 0 Å². The van der Waals surface area contributed by atoms with Crippen LogP contribution >= 0.6 is 0 Å². The zero-order valence-corrected chi connectivity index (χ0v) is 19.5. The summed E-state index contributed by atoms with van der Waals surface area (Å²) in [6.07, 6.45) is 3.98. The molecule has 0 unspecified atom stereocenters. The van der Waals surface area contributed by atoms with Gasteiger partial charge in [-0.15, -0.1) is 0 Å². The second-order valence-corrected chi connectivity index (χ2v) is 10.7. The zero-order chi connectivity index (χ0) is 22.1. The Morgan fingerprint density at radius 1 is 0.733 bits per heavy atom. The van der Waals surface area contributed by atoms with Crippen molar-refractivity contribution in [3.63, 3.8) is 0 Å². The number of carbonyl (C=O) groups excluding carboxylic acids is 2. The lowest BCUT2D eigenvalue weighted by molar-refractivity contribution is -0.154. The summed E-state index contributed by atoms with van der Waals surface area (Å²) in [4.78, 5) is 25.1. The van der Waals surface area contributed by atoms with Crippen LogP contribution in [-0.2, 0) is 32.3 Å². The smallest absolute Gasteiger partial charge is 0.309 e. The van der Waals surface area contributed by atoms with Crippen LogP contribution in [0.2, 0.25) is 0 Å². The third kappa shape index (κ3) is 4.58. The van der Waals surface area contributed by atoms with Crippen molar-refractivity contribution >= 4 is 11.9 Å². The standard InChI is InChI=1S/C26H38O4/c1-17-7-13-21(25(17,3)4)23(27)29-15-19-9-11-20(12-10-19)16-30-24(28)22-14-8-18(2)26(22,5)6/h9-12,17-18,21-22H,7-8,13-16H2,1-6H3/t17-,18-,21-,22-/m1/s1. The first-order valence-corrected chi connectivity index (χ1v) is 11.4. The molecule has 2 aliphatic carbocycles. The fourth-order valence-electron chi connectivity index (χ4n) is 5.09. The Bertz CT molecular complexity index is 697. The highest BCUT2D eigenvalue weighted by Gasteiger charge is 2.46. The first kappa shape index (κ1) is 22.8. The molecule has 0 saturated heterocycles. The molecule has 2 saturated carbocycles. The molecule has 0 aliphatic heterocycles. The maximum absolute atomic E-state index is 12.5. The van der Waals surface area contributed by atoms with Gasteiger partial charge in [0.1, 0.15) is 13.2 Å². The van der Waals surface area contributed by atoms with Gasteiger partial charge in [-0.25, -0.2) is 0 Å². The van der Waals surface area contributed by atoms with Crippen molar-refractivity contribution in [2.75, 3.05) is 0 Å². The maximum atomic E-state index is 12.5. The van der Waals surface area contributed by atoms with Gasteiger partial charge in [0.25, 0.3) is 0 Å². The molecule has 30 heavy (non-hydrogen) atoms. The van der Waals surface area contributed by atoms with Gasteiger partial charge in [0, 0.05) is 0 Å². The van der Waals surface area contributed by atoms with Gasteiger partial charge in [-0.3, -0.25) is 9.59 Å². The fraction of sp³-hybridized carbons (Fsp3) is 0.692. The first-order valence-electron chi connectivity index (χ1n) is 11.4. The topological polar surface area (TPSA) is 52.6 Å². The molecule has 0 spiro atoms. The van der Waals surface area contributed by atoms with E-state index in [0.29, 0.717) is 11.8 Å². The molecule has 4 atom stereocenters. The van der Waals surface area contributed by atoms with E-state index in [1.165, 1.54) is 0 Å². The lowest BCUT2D eigenvalue weighted by Gasteiger charge is -2.29.